The summed E-state index contributed by atoms with van der Waals surface area (Å²) in [4.78, 5) is 25.7. The monoisotopic (exact) mass is 415 g/mol. The highest BCUT2D eigenvalue weighted by atomic mass is 35.5. The number of tetrazole rings is 1. The summed E-state index contributed by atoms with van der Waals surface area (Å²) in [5, 5.41) is 12.5. The van der Waals surface area contributed by atoms with Crippen molar-refractivity contribution in [2.45, 2.75) is 40.3 Å². The number of carbonyl (C=O) groups excluding carboxylic acids is 2. The molecule has 9 heteroatoms. The molecule has 1 aromatic carbocycles. The van der Waals surface area contributed by atoms with Gasteiger partial charge in [0.25, 0.3) is 0 Å². The quantitative estimate of drug-likeness (QED) is 0.433. The molecular formula is C20H22ClN5O3. The topological polar surface area (TPSA) is 91.9 Å². The SMILES string of the molecule is Cc1cc(C(=O)COC(=O)Cn2nnc(-c3ccc(Cl)cc3)n2)c(C)n1C(C)C. The first kappa shape index (κ1) is 20.7. The second kappa shape index (κ2) is 8.57. The van der Waals surface area contributed by atoms with Crippen LogP contribution < -0.4 is 0 Å². The summed E-state index contributed by atoms with van der Waals surface area (Å²) < 4.78 is 7.19. The van der Waals surface area contributed by atoms with Gasteiger partial charge in [-0.05, 0) is 63.2 Å². The van der Waals surface area contributed by atoms with Crippen LogP contribution in [-0.2, 0) is 16.1 Å². The zero-order chi connectivity index (χ0) is 21.1. The molecule has 3 aromatic rings. The predicted molar refractivity (Wildman–Crippen MR) is 108 cm³/mol. The van der Waals surface area contributed by atoms with Crippen molar-refractivity contribution in [3.8, 4) is 11.4 Å². The molecule has 0 amide bonds. The first-order valence-corrected chi connectivity index (χ1v) is 9.55. The van der Waals surface area contributed by atoms with Crippen LogP contribution in [0.3, 0.4) is 0 Å². The lowest BCUT2D eigenvalue weighted by Gasteiger charge is -2.13. The molecule has 2 aromatic heterocycles. The van der Waals surface area contributed by atoms with Crippen molar-refractivity contribution < 1.29 is 14.3 Å². The number of Topliss-reactive ketones (excluding diaryl/α,β-unsaturated/α-hetero) is 1. The Balaban J connectivity index is 1.59. The number of rotatable bonds is 7. The Morgan fingerprint density at radius 1 is 1.17 bits per heavy atom. The van der Waals surface area contributed by atoms with Gasteiger partial charge in [0.15, 0.2) is 13.2 Å². The maximum atomic E-state index is 12.5. The zero-order valence-corrected chi connectivity index (χ0v) is 17.5. The van der Waals surface area contributed by atoms with Gasteiger partial charge in [0.2, 0.25) is 11.6 Å². The van der Waals surface area contributed by atoms with Gasteiger partial charge >= 0.3 is 5.97 Å². The van der Waals surface area contributed by atoms with Gasteiger partial charge in [-0.1, -0.05) is 11.6 Å². The third-order valence-corrected chi connectivity index (χ3v) is 4.74. The Labute approximate surface area is 173 Å². The van der Waals surface area contributed by atoms with Crippen molar-refractivity contribution in [2.75, 3.05) is 6.61 Å². The molecule has 0 saturated carbocycles. The lowest BCUT2D eigenvalue weighted by atomic mass is 10.1. The maximum Gasteiger partial charge on any atom is 0.330 e. The molecule has 0 unspecified atom stereocenters. The lowest BCUT2D eigenvalue weighted by molar-refractivity contribution is -0.143. The summed E-state index contributed by atoms with van der Waals surface area (Å²) in [6, 6.07) is 9.01. The summed E-state index contributed by atoms with van der Waals surface area (Å²) in [6.45, 7) is 7.37. The van der Waals surface area contributed by atoms with E-state index in [0.717, 1.165) is 21.7 Å². The molecule has 3 rings (SSSR count). The highest BCUT2D eigenvalue weighted by Gasteiger charge is 2.19. The molecule has 0 N–H and O–H groups in total. The van der Waals surface area contributed by atoms with Crippen molar-refractivity contribution in [1.29, 1.82) is 0 Å². The molecule has 0 aliphatic heterocycles. The van der Waals surface area contributed by atoms with Crippen molar-refractivity contribution in [2.24, 2.45) is 0 Å². The predicted octanol–water partition coefficient (Wildman–Crippen LogP) is 3.42. The first-order valence-electron chi connectivity index (χ1n) is 9.17. The van der Waals surface area contributed by atoms with E-state index in [4.69, 9.17) is 16.3 Å². The van der Waals surface area contributed by atoms with E-state index in [0.29, 0.717) is 16.4 Å². The van der Waals surface area contributed by atoms with Gasteiger partial charge < -0.3 is 9.30 Å². The van der Waals surface area contributed by atoms with Gasteiger partial charge in [-0.25, -0.2) is 4.79 Å². The summed E-state index contributed by atoms with van der Waals surface area (Å²) >= 11 is 5.86. The van der Waals surface area contributed by atoms with Crippen molar-refractivity contribution in [3.63, 3.8) is 0 Å². The highest BCUT2D eigenvalue weighted by Crippen LogP contribution is 2.20. The summed E-state index contributed by atoms with van der Waals surface area (Å²) in [6.07, 6.45) is 0. The van der Waals surface area contributed by atoms with Gasteiger partial charge in [0.1, 0.15) is 0 Å². The van der Waals surface area contributed by atoms with Crippen LogP contribution in [0.5, 0.6) is 0 Å². The molecule has 0 fully saturated rings. The molecular weight excluding hydrogens is 394 g/mol. The zero-order valence-electron chi connectivity index (χ0n) is 16.7. The normalized spacial score (nSPS) is 11.1. The number of ketones is 1. The Morgan fingerprint density at radius 2 is 1.86 bits per heavy atom. The van der Waals surface area contributed by atoms with E-state index in [2.05, 4.69) is 33.8 Å². The minimum atomic E-state index is -0.615. The molecule has 29 heavy (non-hydrogen) atoms. The summed E-state index contributed by atoms with van der Waals surface area (Å²) in [7, 11) is 0. The molecule has 0 aliphatic carbocycles. The number of esters is 1. The van der Waals surface area contributed by atoms with Gasteiger partial charge in [0.05, 0.1) is 0 Å². The number of halogens is 1. The van der Waals surface area contributed by atoms with Crippen LogP contribution in [0, 0.1) is 13.8 Å². The van der Waals surface area contributed by atoms with Crippen LogP contribution in [0.4, 0.5) is 0 Å². The van der Waals surface area contributed by atoms with Gasteiger partial charge in [-0.2, -0.15) is 4.80 Å². The largest absolute Gasteiger partial charge is 0.456 e. The average molecular weight is 416 g/mol. The number of carbonyl (C=O) groups is 2. The van der Waals surface area contributed by atoms with E-state index in [1.54, 1.807) is 24.3 Å². The van der Waals surface area contributed by atoms with Crippen LogP contribution in [0.1, 0.15) is 41.6 Å². The molecule has 0 spiro atoms. The molecule has 0 bridgehead atoms. The first-order chi connectivity index (χ1) is 13.8. The highest BCUT2D eigenvalue weighted by molar-refractivity contribution is 6.30. The maximum absolute atomic E-state index is 12.5. The van der Waals surface area contributed by atoms with Crippen LogP contribution in [0.15, 0.2) is 30.3 Å². The number of benzene rings is 1. The number of hydrogen-bond donors (Lipinski definition) is 0. The number of hydrogen-bond acceptors (Lipinski definition) is 6. The van der Waals surface area contributed by atoms with Crippen molar-refractivity contribution in [3.05, 3.63) is 52.3 Å². The van der Waals surface area contributed by atoms with Crippen LogP contribution in [0.2, 0.25) is 5.02 Å². The third kappa shape index (κ3) is 4.71. The van der Waals surface area contributed by atoms with Gasteiger partial charge in [-0.15, -0.1) is 10.2 Å². The average Bonchev–Trinajstić information content (AvgIpc) is 3.24. The van der Waals surface area contributed by atoms with Crippen molar-refractivity contribution >= 4 is 23.4 Å². The van der Waals surface area contributed by atoms with E-state index in [9.17, 15) is 9.59 Å². The van der Waals surface area contributed by atoms with Crippen molar-refractivity contribution in [1.82, 2.24) is 24.8 Å². The standard InChI is InChI=1S/C20H22ClN5O3/c1-12(2)26-13(3)9-17(14(26)4)18(27)11-29-19(28)10-25-23-20(22-24-25)15-5-7-16(21)8-6-15/h5-9,12H,10-11H2,1-4H3. The molecule has 2 heterocycles. The molecule has 8 nitrogen and oxygen atoms in total. The molecule has 0 atom stereocenters. The van der Waals surface area contributed by atoms with Gasteiger partial charge in [-0.3, -0.25) is 4.79 Å². The second-order valence-electron chi connectivity index (χ2n) is 6.98. The fraction of sp³-hybridized carbons (Fsp3) is 0.350. The number of aromatic nitrogens is 5. The summed E-state index contributed by atoms with van der Waals surface area (Å²) in [5.41, 5.74) is 3.15. The number of ether oxygens (including phenoxy) is 1. The van der Waals surface area contributed by atoms with E-state index >= 15 is 0 Å². The molecule has 0 saturated heterocycles. The Bertz CT molecular complexity index is 1040. The van der Waals surface area contributed by atoms with Crippen LogP contribution in [0.25, 0.3) is 11.4 Å². The van der Waals surface area contributed by atoms with Crippen LogP contribution in [-0.4, -0.2) is 43.1 Å². The minimum absolute atomic E-state index is 0.237. The smallest absolute Gasteiger partial charge is 0.330 e. The Kier molecular flexibility index (Phi) is 6.12. The van der Waals surface area contributed by atoms with Crippen LogP contribution >= 0.6 is 11.6 Å². The fourth-order valence-corrected chi connectivity index (χ4v) is 3.39. The van der Waals surface area contributed by atoms with E-state index in [-0.39, 0.29) is 25.0 Å². The Morgan fingerprint density at radius 3 is 2.48 bits per heavy atom. The minimum Gasteiger partial charge on any atom is -0.456 e. The number of nitrogens with zero attached hydrogens (tertiary/aromatic N) is 5. The molecule has 0 aliphatic rings. The van der Waals surface area contributed by atoms with E-state index < -0.39 is 5.97 Å². The third-order valence-electron chi connectivity index (χ3n) is 4.49. The van der Waals surface area contributed by atoms with E-state index in [1.807, 2.05) is 19.9 Å². The lowest BCUT2D eigenvalue weighted by Crippen LogP contribution is -2.20. The fourth-order valence-electron chi connectivity index (χ4n) is 3.26. The molecule has 0 radical (unpaired) electrons. The molecule has 152 valence electrons. The Hall–Kier alpha value is -3.00. The van der Waals surface area contributed by atoms with E-state index in [1.165, 1.54) is 0 Å². The second-order valence-corrected chi connectivity index (χ2v) is 7.42. The summed E-state index contributed by atoms with van der Waals surface area (Å²) in [5.74, 6) is -0.491. The van der Waals surface area contributed by atoms with Gasteiger partial charge in [0, 0.05) is 33.6 Å². The number of aryl methyl sites for hydroxylation is 1.